The first-order chi connectivity index (χ1) is 15.3. The molecule has 0 saturated heterocycles. The molecular formula is C23H23ClN4O4. The lowest BCUT2D eigenvalue weighted by atomic mass is 10.2. The van der Waals surface area contributed by atoms with Crippen LogP contribution in [0.15, 0.2) is 59.4 Å². The number of hydrogen-bond acceptors (Lipinski definition) is 5. The van der Waals surface area contributed by atoms with Crippen LogP contribution in [0.25, 0.3) is 5.69 Å². The number of nitrogens with one attached hydrogen (secondary N) is 1. The molecule has 0 unspecified atom stereocenters. The van der Waals surface area contributed by atoms with Crippen molar-refractivity contribution < 1.29 is 14.3 Å². The molecule has 2 amide bonds. The molecule has 0 bridgehead atoms. The van der Waals surface area contributed by atoms with E-state index < -0.39 is 17.2 Å². The number of nitrogens with zero attached hydrogens (tertiary/aromatic N) is 3. The Bertz CT molecular complexity index is 1190. The second-order valence-electron chi connectivity index (χ2n) is 6.99. The van der Waals surface area contributed by atoms with Crippen LogP contribution < -0.4 is 15.5 Å². The number of methoxy groups -OCH3 is 1. The number of amides is 2. The smallest absolute Gasteiger partial charge is 0.278 e. The zero-order valence-corrected chi connectivity index (χ0v) is 18.7. The maximum Gasteiger partial charge on any atom is 0.278 e. The summed E-state index contributed by atoms with van der Waals surface area (Å²) < 4.78 is 6.64. The van der Waals surface area contributed by atoms with Crippen molar-refractivity contribution in [3.63, 3.8) is 0 Å². The Morgan fingerprint density at radius 3 is 2.53 bits per heavy atom. The molecule has 32 heavy (non-hydrogen) atoms. The van der Waals surface area contributed by atoms with Crippen molar-refractivity contribution in [1.82, 2.24) is 14.7 Å². The van der Waals surface area contributed by atoms with E-state index >= 15 is 0 Å². The molecule has 0 aliphatic carbocycles. The molecule has 0 saturated carbocycles. The standard InChI is InChI=1S/C23H23ClN4O4/c1-4-27(14-21(30)25-17-6-5-7-19(13-17)32-3)23(31)22-20(29)12-15(2)28(26-22)18-10-8-16(24)9-11-18/h5-13H,4,14H2,1-3H3,(H,25,30). The van der Waals surface area contributed by atoms with Crippen LogP contribution in [0, 0.1) is 6.92 Å². The van der Waals surface area contributed by atoms with Gasteiger partial charge in [0.25, 0.3) is 5.91 Å². The summed E-state index contributed by atoms with van der Waals surface area (Å²) in [6.45, 7) is 3.43. The van der Waals surface area contributed by atoms with Gasteiger partial charge in [-0.1, -0.05) is 17.7 Å². The molecule has 1 aromatic heterocycles. The van der Waals surface area contributed by atoms with Crippen molar-refractivity contribution in [3.8, 4) is 11.4 Å². The van der Waals surface area contributed by atoms with Gasteiger partial charge >= 0.3 is 0 Å². The van der Waals surface area contributed by atoms with Crippen molar-refractivity contribution >= 4 is 29.1 Å². The van der Waals surface area contributed by atoms with Gasteiger partial charge in [-0.05, 0) is 50.2 Å². The molecule has 9 heteroatoms. The highest BCUT2D eigenvalue weighted by Crippen LogP contribution is 2.17. The fourth-order valence-electron chi connectivity index (χ4n) is 3.09. The third-order valence-corrected chi connectivity index (χ3v) is 4.99. The van der Waals surface area contributed by atoms with Gasteiger partial charge < -0.3 is 15.0 Å². The summed E-state index contributed by atoms with van der Waals surface area (Å²) >= 11 is 5.94. The quantitative estimate of drug-likeness (QED) is 0.591. The summed E-state index contributed by atoms with van der Waals surface area (Å²) in [5.41, 5.74) is 0.981. The number of anilines is 1. The van der Waals surface area contributed by atoms with Crippen molar-refractivity contribution in [3.05, 3.63) is 81.2 Å². The van der Waals surface area contributed by atoms with E-state index in [-0.39, 0.29) is 18.8 Å². The van der Waals surface area contributed by atoms with Crippen LogP contribution in [-0.2, 0) is 4.79 Å². The lowest BCUT2D eigenvalue weighted by Crippen LogP contribution is -2.41. The van der Waals surface area contributed by atoms with Gasteiger partial charge in [0.05, 0.1) is 12.8 Å². The van der Waals surface area contributed by atoms with Gasteiger partial charge in [0.1, 0.15) is 12.3 Å². The maximum atomic E-state index is 13.1. The fraction of sp³-hybridized carbons (Fsp3) is 0.217. The average molecular weight is 455 g/mol. The lowest BCUT2D eigenvalue weighted by Gasteiger charge is -2.20. The molecule has 0 fully saturated rings. The number of ether oxygens (including phenoxy) is 1. The number of carbonyl (C=O) groups is 2. The zero-order valence-electron chi connectivity index (χ0n) is 18.0. The monoisotopic (exact) mass is 454 g/mol. The van der Waals surface area contributed by atoms with E-state index in [4.69, 9.17) is 16.3 Å². The first-order valence-electron chi connectivity index (χ1n) is 9.92. The molecule has 0 spiro atoms. The second kappa shape index (κ2) is 10.1. The van der Waals surface area contributed by atoms with Gasteiger partial charge in [0.15, 0.2) is 5.69 Å². The third kappa shape index (κ3) is 5.33. The Balaban J connectivity index is 1.82. The van der Waals surface area contributed by atoms with Crippen LogP contribution in [0.4, 0.5) is 5.69 Å². The summed E-state index contributed by atoms with van der Waals surface area (Å²) in [6.07, 6.45) is 0. The molecule has 166 valence electrons. The highest BCUT2D eigenvalue weighted by molar-refractivity contribution is 6.30. The van der Waals surface area contributed by atoms with Gasteiger partial charge in [0.2, 0.25) is 11.3 Å². The minimum absolute atomic E-state index is 0.223. The van der Waals surface area contributed by atoms with Crippen LogP contribution in [0.5, 0.6) is 5.75 Å². The molecular weight excluding hydrogens is 432 g/mol. The van der Waals surface area contributed by atoms with Gasteiger partial charge in [-0.25, -0.2) is 4.68 Å². The molecule has 1 N–H and O–H groups in total. The molecule has 3 rings (SSSR count). The largest absolute Gasteiger partial charge is 0.497 e. The molecule has 0 aliphatic rings. The van der Waals surface area contributed by atoms with Crippen molar-refractivity contribution in [2.45, 2.75) is 13.8 Å². The lowest BCUT2D eigenvalue weighted by molar-refractivity contribution is -0.116. The first-order valence-corrected chi connectivity index (χ1v) is 10.3. The number of aromatic nitrogens is 2. The van der Waals surface area contributed by atoms with Gasteiger partial charge in [-0.3, -0.25) is 14.4 Å². The highest BCUT2D eigenvalue weighted by Gasteiger charge is 2.23. The average Bonchev–Trinajstić information content (AvgIpc) is 2.78. The molecule has 2 aromatic carbocycles. The van der Waals surface area contributed by atoms with Crippen LogP contribution in [0.1, 0.15) is 23.1 Å². The number of carbonyl (C=O) groups excluding carboxylic acids is 2. The van der Waals surface area contributed by atoms with Crippen molar-refractivity contribution in [2.24, 2.45) is 0 Å². The van der Waals surface area contributed by atoms with Crippen LogP contribution in [0.2, 0.25) is 5.02 Å². The zero-order chi connectivity index (χ0) is 23.3. The fourth-order valence-corrected chi connectivity index (χ4v) is 3.22. The Morgan fingerprint density at radius 1 is 1.16 bits per heavy atom. The summed E-state index contributed by atoms with van der Waals surface area (Å²) in [4.78, 5) is 39.4. The van der Waals surface area contributed by atoms with E-state index in [0.29, 0.717) is 27.8 Å². The molecule has 0 radical (unpaired) electrons. The minimum Gasteiger partial charge on any atom is -0.497 e. The van der Waals surface area contributed by atoms with Crippen molar-refractivity contribution in [2.75, 3.05) is 25.5 Å². The third-order valence-electron chi connectivity index (χ3n) is 4.74. The van der Waals surface area contributed by atoms with Crippen LogP contribution >= 0.6 is 11.6 Å². The summed E-state index contributed by atoms with van der Waals surface area (Å²) in [6, 6.07) is 15.1. The van der Waals surface area contributed by atoms with Gasteiger partial charge in [-0.2, -0.15) is 5.10 Å². The van der Waals surface area contributed by atoms with Crippen LogP contribution in [0.3, 0.4) is 0 Å². The first kappa shape index (κ1) is 23.0. The predicted octanol–water partition coefficient (Wildman–Crippen LogP) is 3.30. The second-order valence-corrected chi connectivity index (χ2v) is 7.42. The molecule has 0 atom stereocenters. The normalized spacial score (nSPS) is 10.5. The number of aryl methyl sites for hydroxylation is 1. The Kier molecular flexibility index (Phi) is 7.27. The SMILES string of the molecule is CCN(CC(=O)Nc1cccc(OC)c1)C(=O)c1nn(-c2ccc(Cl)cc2)c(C)cc1=O. The number of likely N-dealkylation sites (N-methyl/N-ethyl adjacent to an activating group) is 1. The Hall–Kier alpha value is -3.65. The van der Waals surface area contributed by atoms with Crippen LogP contribution in [-0.4, -0.2) is 46.7 Å². The molecule has 1 heterocycles. The number of rotatable bonds is 7. The van der Waals surface area contributed by atoms with E-state index in [0.717, 1.165) is 0 Å². The number of benzene rings is 2. The topological polar surface area (TPSA) is 93.5 Å². The van der Waals surface area contributed by atoms with E-state index in [1.54, 1.807) is 62.4 Å². The highest BCUT2D eigenvalue weighted by atomic mass is 35.5. The maximum absolute atomic E-state index is 13.1. The molecule has 0 aliphatic heterocycles. The van der Waals surface area contributed by atoms with E-state index in [1.165, 1.54) is 22.8 Å². The minimum atomic E-state index is -0.624. The van der Waals surface area contributed by atoms with Gasteiger partial charge in [0, 0.05) is 35.1 Å². The number of halogens is 1. The van der Waals surface area contributed by atoms with Crippen molar-refractivity contribution in [1.29, 1.82) is 0 Å². The van der Waals surface area contributed by atoms with Gasteiger partial charge in [-0.15, -0.1) is 0 Å². The van der Waals surface area contributed by atoms with E-state index in [2.05, 4.69) is 10.4 Å². The summed E-state index contributed by atoms with van der Waals surface area (Å²) in [5.74, 6) is -0.433. The molecule has 8 nitrogen and oxygen atoms in total. The summed E-state index contributed by atoms with van der Waals surface area (Å²) in [5, 5.41) is 7.56. The Labute approximate surface area is 190 Å². The van der Waals surface area contributed by atoms with E-state index in [9.17, 15) is 14.4 Å². The predicted molar refractivity (Wildman–Crippen MR) is 123 cm³/mol. The molecule has 3 aromatic rings. The Morgan fingerprint density at radius 2 is 1.88 bits per heavy atom. The summed E-state index contributed by atoms with van der Waals surface area (Å²) in [7, 11) is 1.53. The number of hydrogen-bond donors (Lipinski definition) is 1. The van der Waals surface area contributed by atoms with E-state index in [1.807, 2.05) is 0 Å².